The molecule has 1 fully saturated rings. The zero-order valence-corrected chi connectivity index (χ0v) is 25.7. The van der Waals surface area contributed by atoms with Crippen LogP contribution >= 0.6 is 23.2 Å². The Balaban J connectivity index is 1.28. The molecule has 12 nitrogen and oxygen atoms in total. The maximum atomic E-state index is 13.2. The second-order valence-corrected chi connectivity index (χ2v) is 11.3. The molecule has 6 rings (SSSR count). The van der Waals surface area contributed by atoms with Crippen LogP contribution in [0, 0.1) is 10.1 Å². The minimum Gasteiger partial charge on any atom is -0.496 e. The first-order chi connectivity index (χ1) is 21.8. The van der Waals surface area contributed by atoms with Gasteiger partial charge in [0.05, 0.1) is 24.9 Å². The predicted octanol–water partition coefficient (Wildman–Crippen LogP) is 5.67. The molecule has 0 radical (unpaired) electrons. The van der Waals surface area contributed by atoms with E-state index in [4.69, 9.17) is 37.9 Å². The fourth-order valence-electron chi connectivity index (χ4n) is 5.23. The van der Waals surface area contributed by atoms with E-state index in [1.54, 1.807) is 48.7 Å². The van der Waals surface area contributed by atoms with Crippen molar-refractivity contribution in [3.63, 3.8) is 0 Å². The normalized spacial score (nSPS) is 13.2. The number of nitro groups is 1. The van der Waals surface area contributed by atoms with Gasteiger partial charge in [-0.1, -0.05) is 53.5 Å². The minimum atomic E-state index is -0.424. The number of nitrogens with zero attached hydrogens (tertiary/aromatic N) is 7. The predicted molar refractivity (Wildman–Crippen MR) is 172 cm³/mol. The number of ether oxygens (including phenoxy) is 1. The van der Waals surface area contributed by atoms with Crippen molar-refractivity contribution in [2.75, 3.05) is 43.5 Å². The molecule has 230 valence electrons. The fraction of sp³-hybridized carbons (Fsp3) is 0.226. The Morgan fingerprint density at radius 2 is 1.71 bits per heavy atom. The van der Waals surface area contributed by atoms with Crippen LogP contribution in [-0.4, -0.2) is 68.5 Å². The van der Waals surface area contributed by atoms with Gasteiger partial charge >= 0.3 is 0 Å². The number of benzene rings is 3. The first-order valence-corrected chi connectivity index (χ1v) is 14.9. The first-order valence-electron chi connectivity index (χ1n) is 14.1. The molecule has 1 saturated heterocycles. The third kappa shape index (κ3) is 6.61. The maximum Gasteiger partial charge on any atom is 0.269 e. The van der Waals surface area contributed by atoms with E-state index in [0.717, 1.165) is 16.9 Å². The molecule has 1 aliphatic rings. The van der Waals surface area contributed by atoms with Gasteiger partial charge in [-0.15, -0.1) is 0 Å². The lowest BCUT2D eigenvalue weighted by Gasteiger charge is -2.35. The van der Waals surface area contributed by atoms with Gasteiger partial charge in [0.1, 0.15) is 5.75 Å². The largest absolute Gasteiger partial charge is 0.496 e. The number of anilines is 2. The molecular weight excluding hydrogens is 619 g/mol. The topological polar surface area (TPSA) is 132 Å². The minimum absolute atomic E-state index is 0.0257. The molecular formula is C31H28Cl2N8O4. The number of nitro benzene ring substituents is 1. The van der Waals surface area contributed by atoms with Gasteiger partial charge in [-0.3, -0.25) is 14.9 Å². The Morgan fingerprint density at radius 3 is 2.40 bits per heavy atom. The number of carbonyl (C=O) groups is 1. The van der Waals surface area contributed by atoms with E-state index in [-0.39, 0.29) is 11.6 Å². The van der Waals surface area contributed by atoms with Gasteiger partial charge in [0.2, 0.25) is 5.95 Å². The van der Waals surface area contributed by atoms with Crippen molar-refractivity contribution in [2.24, 2.45) is 0 Å². The van der Waals surface area contributed by atoms with E-state index in [0.29, 0.717) is 77.8 Å². The van der Waals surface area contributed by atoms with Crippen molar-refractivity contribution < 1.29 is 14.5 Å². The fourth-order valence-corrected chi connectivity index (χ4v) is 5.76. The van der Waals surface area contributed by atoms with Gasteiger partial charge in [0.25, 0.3) is 11.6 Å². The van der Waals surface area contributed by atoms with Gasteiger partial charge in [-0.05, 0) is 29.8 Å². The van der Waals surface area contributed by atoms with Gasteiger partial charge in [-0.25, -0.2) is 4.98 Å². The van der Waals surface area contributed by atoms with E-state index in [2.05, 4.69) is 10.3 Å². The van der Waals surface area contributed by atoms with Crippen LogP contribution in [0.2, 0.25) is 10.0 Å². The third-order valence-corrected chi connectivity index (χ3v) is 7.99. The molecule has 0 unspecified atom stereocenters. The molecule has 0 bridgehead atoms. The first kappa shape index (κ1) is 30.1. The maximum absolute atomic E-state index is 13.2. The number of non-ortho nitro benzene ring substituents is 1. The Kier molecular flexibility index (Phi) is 8.67. The number of rotatable bonds is 9. The van der Waals surface area contributed by atoms with Crippen LogP contribution in [-0.2, 0) is 13.1 Å². The number of aromatic nitrogens is 4. The number of fused-ring (bicyclic) bond motifs is 1. The number of methoxy groups -OCH3 is 1. The third-order valence-electron chi connectivity index (χ3n) is 7.55. The van der Waals surface area contributed by atoms with Gasteiger partial charge in [0.15, 0.2) is 17.0 Å². The molecule has 0 saturated carbocycles. The van der Waals surface area contributed by atoms with Gasteiger partial charge < -0.3 is 24.4 Å². The van der Waals surface area contributed by atoms with Crippen molar-refractivity contribution in [2.45, 2.75) is 13.1 Å². The van der Waals surface area contributed by atoms with Gasteiger partial charge in [0, 0.05) is 66.0 Å². The van der Waals surface area contributed by atoms with Crippen LogP contribution in [0.15, 0.2) is 73.1 Å². The summed E-state index contributed by atoms with van der Waals surface area (Å²) in [7, 11) is 1.63. The quantitative estimate of drug-likeness (QED) is 0.159. The summed E-state index contributed by atoms with van der Waals surface area (Å²) in [5.41, 5.74) is 3.47. The standard InChI is InChI=1S/C31H28Cl2N8O4/c1-45-26-5-3-2-4-21(26)17-34-28-27-29(40(19-35-27)18-20-6-8-25(9-7-20)41(43)44)37-31(36-28)39-12-10-38(11-13-39)30(42)22-14-23(32)16-24(33)15-22/h2-9,14-16,19H,10-13,17-18H2,1H3,(H,34,36,37). The lowest BCUT2D eigenvalue weighted by Crippen LogP contribution is -2.49. The Hall–Kier alpha value is -4.94. The SMILES string of the molecule is COc1ccccc1CNc1nc(N2CCN(C(=O)c3cc(Cl)cc(Cl)c3)CC2)nc2c1ncn2Cc1ccc([N+](=O)[O-])cc1. The van der Waals surface area contributed by atoms with E-state index in [1.165, 1.54) is 12.1 Å². The van der Waals surface area contributed by atoms with Crippen LogP contribution < -0.4 is 15.0 Å². The monoisotopic (exact) mass is 646 g/mol. The summed E-state index contributed by atoms with van der Waals surface area (Å²) < 4.78 is 7.41. The molecule has 14 heteroatoms. The second kappa shape index (κ2) is 13.0. The smallest absolute Gasteiger partial charge is 0.269 e. The average Bonchev–Trinajstić information content (AvgIpc) is 3.45. The molecule has 3 heterocycles. The highest BCUT2D eigenvalue weighted by molar-refractivity contribution is 6.35. The van der Waals surface area contributed by atoms with Crippen molar-refractivity contribution in [3.8, 4) is 5.75 Å². The summed E-state index contributed by atoms with van der Waals surface area (Å²) in [5.74, 6) is 1.65. The second-order valence-electron chi connectivity index (χ2n) is 10.4. The average molecular weight is 648 g/mol. The molecule has 45 heavy (non-hydrogen) atoms. The zero-order valence-electron chi connectivity index (χ0n) is 24.2. The molecule has 3 aromatic carbocycles. The number of halogens is 2. The zero-order chi connectivity index (χ0) is 31.5. The number of para-hydroxylation sites is 1. The Morgan fingerprint density at radius 1 is 1.00 bits per heavy atom. The molecule has 0 atom stereocenters. The Bertz CT molecular complexity index is 1850. The van der Waals surface area contributed by atoms with E-state index in [9.17, 15) is 14.9 Å². The summed E-state index contributed by atoms with van der Waals surface area (Å²) in [6.45, 7) is 2.77. The molecule has 0 spiro atoms. The number of amides is 1. The highest BCUT2D eigenvalue weighted by atomic mass is 35.5. The van der Waals surface area contributed by atoms with E-state index >= 15 is 0 Å². The number of imidazole rings is 1. The van der Waals surface area contributed by atoms with Gasteiger partial charge in [-0.2, -0.15) is 9.97 Å². The lowest BCUT2D eigenvalue weighted by molar-refractivity contribution is -0.384. The number of piperazine rings is 1. The molecule has 1 N–H and O–H groups in total. The number of nitrogens with one attached hydrogen (secondary N) is 1. The highest BCUT2D eigenvalue weighted by Crippen LogP contribution is 2.27. The van der Waals surface area contributed by atoms with Crippen LogP contribution in [0.25, 0.3) is 11.2 Å². The molecule has 1 aliphatic heterocycles. The molecule has 2 aromatic heterocycles. The number of hydrogen-bond acceptors (Lipinski definition) is 9. The summed E-state index contributed by atoms with van der Waals surface area (Å²) >= 11 is 12.3. The van der Waals surface area contributed by atoms with Crippen LogP contribution in [0.3, 0.4) is 0 Å². The molecule has 5 aromatic rings. The van der Waals surface area contributed by atoms with Crippen molar-refractivity contribution in [1.29, 1.82) is 0 Å². The van der Waals surface area contributed by atoms with E-state index < -0.39 is 4.92 Å². The highest BCUT2D eigenvalue weighted by Gasteiger charge is 2.26. The van der Waals surface area contributed by atoms with Crippen molar-refractivity contribution >= 4 is 57.7 Å². The van der Waals surface area contributed by atoms with Crippen LogP contribution in [0.4, 0.5) is 17.5 Å². The lowest BCUT2D eigenvalue weighted by atomic mass is 10.2. The summed E-state index contributed by atoms with van der Waals surface area (Å²) in [5, 5.41) is 15.3. The Labute approximate surface area is 268 Å². The molecule has 0 aliphatic carbocycles. The summed E-state index contributed by atoms with van der Waals surface area (Å²) in [6, 6.07) is 18.9. The summed E-state index contributed by atoms with van der Waals surface area (Å²) in [6.07, 6.45) is 1.69. The van der Waals surface area contributed by atoms with Crippen molar-refractivity contribution in [1.82, 2.24) is 24.4 Å². The number of hydrogen-bond donors (Lipinski definition) is 1. The summed E-state index contributed by atoms with van der Waals surface area (Å²) in [4.78, 5) is 42.1. The van der Waals surface area contributed by atoms with Crippen LogP contribution in [0.5, 0.6) is 5.75 Å². The number of carbonyl (C=O) groups excluding carboxylic acids is 1. The van der Waals surface area contributed by atoms with Crippen molar-refractivity contribution in [3.05, 3.63) is 110 Å². The van der Waals surface area contributed by atoms with E-state index in [1.807, 2.05) is 33.7 Å². The van der Waals surface area contributed by atoms with Crippen LogP contribution in [0.1, 0.15) is 21.5 Å². The molecule has 1 amide bonds.